The van der Waals surface area contributed by atoms with Gasteiger partial charge in [0.15, 0.2) is 0 Å². The second kappa shape index (κ2) is 6.26. The monoisotopic (exact) mass is 292 g/mol. The first kappa shape index (κ1) is 15.5. The Labute approximate surface area is 123 Å². The summed E-state index contributed by atoms with van der Waals surface area (Å²) in [5.74, 6) is -0.544. The molecule has 0 saturated carbocycles. The van der Waals surface area contributed by atoms with E-state index in [0.29, 0.717) is 25.2 Å². The van der Waals surface area contributed by atoms with Gasteiger partial charge in [-0.3, -0.25) is 4.79 Å². The van der Waals surface area contributed by atoms with Crippen molar-refractivity contribution in [3.8, 4) is 5.75 Å². The number of carbonyl (C=O) groups excluding carboxylic acids is 1. The number of benzene rings is 1. The molecule has 21 heavy (non-hydrogen) atoms. The third kappa shape index (κ3) is 3.24. The minimum Gasteiger partial charge on any atom is -0.486 e. The van der Waals surface area contributed by atoms with Gasteiger partial charge >= 0.3 is 5.97 Å². The highest BCUT2D eigenvalue weighted by atomic mass is 16.5. The number of hydrogen-bond donors (Lipinski definition) is 1. The summed E-state index contributed by atoms with van der Waals surface area (Å²) in [7, 11) is 1.58. The molecule has 1 aliphatic rings. The highest BCUT2D eigenvalue weighted by Gasteiger charge is 2.30. The van der Waals surface area contributed by atoms with Gasteiger partial charge in [-0.15, -0.1) is 0 Å². The van der Waals surface area contributed by atoms with Crippen molar-refractivity contribution in [3.05, 3.63) is 28.8 Å². The lowest BCUT2D eigenvalue weighted by atomic mass is 9.93. The largest absolute Gasteiger partial charge is 0.486 e. The number of carboxylic acids is 1. The Morgan fingerprint density at radius 3 is 2.71 bits per heavy atom. The predicted molar refractivity (Wildman–Crippen MR) is 76.9 cm³/mol. The summed E-state index contributed by atoms with van der Waals surface area (Å²) in [5.41, 5.74) is 1.82. The van der Waals surface area contributed by atoms with E-state index in [1.165, 1.54) is 6.07 Å². The van der Waals surface area contributed by atoms with E-state index in [4.69, 9.17) is 9.47 Å². The molecule has 1 aromatic rings. The van der Waals surface area contributed by atoms with E-state index >= 15 is 0 Å². The van der Waals surface area contributed by atoms with Gasteiger partial charge in [-0.1, -0.05) is 19.9 Å². The van der Waals surface area contributed by atoms with E-state index in [-0.39, 0.29) is 23.4 Å². The minimum atomic E-state index is -1.02. The zero-order valence-corrected chi connectivity index (χ0v) is 12.5. The predicted octanol–water partition coefficient (Wildman–Crippen LogP) is 2.10. The van der Waals surface area contributed by atoms with Crippen molar-refractivity contribution in [3.63, 3.8) is 0 Å². The summed E-state index contributed by atoms with van der Waals surface area (Å²) < 4.78 is 10.8. The van der Waals surface area contributed by atoms with E-state index in [1.807, 2.05) is 13.8 Å². The Hall–Kier alpha value is -1.88. The first-order valence-electron chi connectivity index (χ1n) is 7.00. The molecular formula is C16H20O5. The number of ketones is 1. The van der Waals surface area contributed by atoms with E-state index in [2.05, 4.69) is 0 Å². The zero-order chi connectivity index (χ0) is 15.6. The number of ether oxygens (including phenoxy) is 2. The Bertz CT molecular complexity index is 562. The molecule has 0 radical (unpaired) electrons. The summed E-state index contributed by atoms with van der Waals surface area (Å²) in [6.07, 6.45) is 0.687. The van der Waals surface area contributed by atoms with Crippen LogP contribution in [-0.4, -0.2) is 36.7 Å². The van der Waals surface area contributed by atoms with E-state index in [0.717, 1.165) is 11.1 Å². The number of hydrogen-bond acceptors (Lipinski definition) is 4. The second-order valence-corrected chi connectivity index (χ2v) is 5.58. The summed E-state index contributed by atoms with van der Waals surface area (Å²) in [4.78, 5) is 23.2. The Kier molecular flexibility index (Phi) is 4.63. The van der Waals surface area contributed by atoms with Crippen molar-refractivity contribution >= 4 is 11.8 Å². The number of fused-ring (bicyclic) bond motifs is 1. The highest BCUT2D eigenvalue weighted by Crippen LogP contribution is 2.36. The lowest BCUT2D eigenvalue weighted by molar-refractivity contribution is -0.121. The number of carbonyl (C=O) groups is 2. The maximum absolute atomic E-state index is 12.0. The fourth-order valence-electron chi connectivity index (χ4n) is 2.47. The molecule has 1 atom stereocenters. The lowest BCUT2D eigenvalue weighted by Gasteiger charge is -2.11. The molecule has 0 saturated heterocycles. The van der Waals surface area contributed by atoms with Gasteiger partial charge in [0.05, 0.1) is 6.61 Å². The van der Waals surface area contributed by atoms with Crippen LogP contribution in [0.25, 0.3) is 0 Å². The van der Waals surface area contributed by atoms with Gasteiger partial charge < -0.3 is 14.6 Å². The van der Waals surface area contributed by atoms with Gasteiger partial charge in [-0.25, -0.2) is 4.79 Å². The van der Waals surface area contributed by atoms with Gasteiger partial charge in [-0.2, -0.15) is 0 Å². The minimum absolute atomic E-state index is 0.0445. The molecule has 2 rings (SSSR count). The molecule has 0 fully saturated rings. The molecule has 1 unspecified atom stereocenters. The van der Waals surface area contributed by atoms with E-state index < -0.39 is 5.97 Å². The van der Waals surface area contributed by atoms with Crippen LogP contribution in [0.15, 0.2) is 12.1 Å². The number of rotatable bonds is 6. The molecule has 1 heterocycles. The average molecular weight is 292 g/mol. The normalized spacial score (nSPS) is 16.7. The maximum atomic E-state index is 12.0. The molecule has 1 aliphatic heterocycles. The highest BCUT2D eigenvalue weighted by molar-refractivity contribution is 5.92. The van der Waals surface area contributed by atoms with Crippen molar-refractivity contribution in [2.45, 2.75) is 32.8 Å². The molecule has 114 valence electrons. The topological polar surface area (TPSA) is 72.8 Å². The average Bonchev–Trinajstić information content (AvgIpc) is 2.82. The first-order valence-corrected chi connectivity index (χ1v) is 7.00. The van der Waals surface area contributed by atoms with Crippen LogP contribution in [-0.2, 0) is 22.4 Å². The molecule has 0 aliphatic carbocycles. The number of methoxy groups -OCH3 is 1. The maximum Gasteiger partial charge on any atom is 0.339 e. The fraction of sp³-hybridized carbons (Fsp3) is 0.500. The van der Waals surface area contributed by atoms with Gasteiger partial charge in [0.25, 0.3) is 0 Å². The van der Waals surface area contributed by atoms with E-state index in [1.54, 1.807) is 13.2 Å². The van der Waals surface area contributed by atoms with Gasteiger partial charge in [0, 0.05) is 31.4 Å². The van der Waals surface area contributed by atoms with Crippen LogP contribution in [0.2, 0.25) is 0 Å². The quantitative estimate of drug-likeness (QED) is 0.869. The van der Waals surface area contributed by atoms with Gasteiger partial charge in [0.2, 0.25) is 0 Å². The number of carboxylic acid groups (broad SMARTS) is 1. The van der Waals surface area contributed by atoms with Crippen LogP contribution in [0, 0.1) is 5.92 Å². The van der Waals surface area contributed by atoms with Crippen molar-refractivity contribution < 1.29 is 24.2 Å². The zero-order valence-electron chi connectivity index (χ0n) is 12.5. The summed E-state index contributed by atoms with van der Waals surface area (Å²) >= 11 is 0. The smallest absolute Gasteiger partial charge is 0.339 e. The molecule has 0 spiro atoms. The summed E-state index contributed by atoms with van der Waals surface area (Å²) in [6.45, 7) is 4.11. The van der Waals surface area contributed by atoms with Crippen molar-refractivity contribution in [1.29, 1.82) is 0 Å². The Morgan fingerprint density at radius 2 is 2.14 bits per heavy atom. The van der Waals surface area contributed by atoms with Gasteiger partial charge in [0.1, 0.15) is 23.2 Å². The Morgan fingerprint density at radius 1 is 1.43 bits per heavy atom. The van der Waals surface area contributed by atoms with Crippen molar-refractivity contribution in [2.75, 3.05) is 13.7 Å². The van der Waals surface area contributed by atoms with Crippen molar-refractivity contribution in [1.82, 2.24) is 0 Å². The Balaban J connectivity index is 2.36. The molecular weight excluding hydrogens is 272 g/mol. The van der Waals surface area contributed by atoms with Crippen LogP contribution in [0.1, 0.15) is 35.3 Å². The van der Waals surface area contributed by atoms with Crippen molar-refractivity contribution in [2.24, 2.45) is 5.92 Å². The van der Waals surface area contributed by atoms with Gasteiger partial charge in [-0.05, 0) is 11.6 Å². The lowest BCUT2D eigenvalue weighted by Crippen LogP contribution is -2.19. The number of Topliss-reactive ketones (excluding diaryl/α,β-unsaturated/α-hetero) is 1. The van der Waals surface area contributed by atoms with Crippen LogP contribution in [0.5, 0.6) is 5.75 Å². The van der Waals surface area contributed by atoms with Crippen LogP contribution in [0.4, 0.5) is 0 Å². The number of aromatic carboxylic acids is 1. The standard InChI is InChI=1S/C16H20O5/c1-9(2)14(17)6-10-4-5-12(16(18)19)15-13(10)7-11(21-15)8-20-3/h4-5,9,11H,6-8H2,1-3H3,(H,18,19). The third-order valence-corrected chi connectivity index (χ3v) is 3.67. The van der Waals surface area contributed by atoms with Crippen LogP contribution >= 0.6 is 0 Å². The van der Waals surface area contributed by atoms with E-state index in [9.17, 15) is 14.7 Å². The molecule has 5 heteroatoms. The second-order valence-electron chi connectivity index (χ2n) is 5.58. The fourth-order valence-corrected chi connectivity index (χ4v) is 2.47. The molecule has 0 aromatic heterocycles. The summed E-state index contributed by atoms with van der Waals surface area (Å²) in [5, 5.41) is 9.25. The molecule has 5 nitrogen and oxygen atoms in total. The molecule has 0 bridgehead atoms. The first-order chi connectivity index (χ1) is 9.93. The van der Waals surface area contributed by atoms with Crippen LogP contribution in [0.3, 0.4) is 0 Å². The molecule has 0 amide bonds. The third-order valence-electron chi connectivity index (χ3n) is 3.67. The molecule has 1 aromatic carbocycles. The SMILES string of the molecule is COCC1Cc2c(CC(=O)C(C)C)ccc(C(=O)O)c2O1. The van der Waals surface area contributed by atoms with Crippen LogP contribution < -0.4 is 4.74 Å². The molecule has 1 N–H and O–H groups in total. The summed E-state index contributed by atoms with van der Waals surface area (Å²) in [6, 6.07) is 3.24.